The average Bonchev–Trinajstić information content (AvgIpc) is 3.17. The van der Waals surface area contributed by atoms with E-state index in [-0.39, 0.29) is 11.8 Å². The highest BCUT2D eigenvalue weighted by Gasteiger charge is 2.29. The molecule has 0 bridgehead atoms. The molecular formula is C17H22N2O4. The molecule has 1 aromatic heterocycles. The molecule has 1 atom stereocenters. The number of likely N-dealkylation sites (tertiary alicyclic amines) is 1. The number of hydrogen-bond acceptors (Lipinski definition) is 6. The third-order valence-corrected chi connectivity index (χ3v) is 4.26. The van der Waals surface area contributed by atoms with Crippen LogP contribution in [0.2, 0.25) is 0 Å². The summed E-state index contributed by atoms with van der Waals surface area (Å²) in [5.74, 6) is 1.79. The van der Waals surface area contributed by atoms with Gasteiger partial charge in [0.15, 0.2) is 17.3 Å². The number of aromatic nitrogens is 1. The second-order valence-corrected chi connectivity index (χ2v) is 5.85. The van der Waals surface area contributed by atoms with Gasteiger partial charge < -0.3 is 19.1 Å². The van der Waals surface area contributed by atoms with Crippen LogP contribution in [0.3, 0.4) is 0 Å². The molecule has 1 saturated heterocycles. The maximum absolute atomic E-state index is 10.0. The van der Waals surface area contributed by atoms with Gasteiger partial charge in [0.2, 0.25) is 5.75 Å². The van der Waals surface area contributed by atoms with Crippen LogP contribution in [-0.2, 0) is 6.54 Å². The van der Waals surface area contributed by atoms with Gasteiger partial charge >= 0.3 is 0 Å². The molecule has 0 aliphatic carbocycles. The summed E-state index contributed by atoms with van der Waals surface area (Å²) in [6, 6.07) is 5.93. The smallest absolute Gasteiger partial charge is 0.200 e. The van der Waals surface area contributed by atoms with Gasteiger partial charge in [-0.1, -0.05) is 5.16 Å². The number of phenols is 1. The van der Waals surface area contributed by atoms with Gasteiger partial charge in [-0.15, -0.1) is 0 Å². The Morgan fingerprint density at radius 3 is 2.52 bits per heavy atom. The highest BCUT2D eigenvalue weighted by Crippen LogP contribution is 2.39. The molecule has 1 aliphatic heterocycles. The van der Waals surface area contributed by atoms with Crippen LogP contribution >= 0.6 is 0 Å². The zero-order valence-corrected chi connectivity index (χ0v) is 13.7. The fraction of sp³-hybridized carbons (Fsp3) is 0.471. The van der Waals surface area contributed by atoms with E-state index < -0.39 is 0 Å². The molecule has 0 spiro atoms. The summed E-state index contributed by atoms with van der Waals surface area (Å²) in [5, 5.41) is 14.0. The molecule has 3 rings (SSSR count). The Kier molecular flexibility index (Phi) is 4.43. The van der Waals surface area contributed by atoms with Crippen molar-refractivity contribution in [3.8, 4) is 17.2 Å². The number of methoxy groups -OCH3 is 2. The number of ether oxygens (including phenoxy) is 2. The monoisotopic (exact) mass is 318 g/mol. The van der Waals surface area contributed by atoms with E-state index in [1.165, 1.54) is 14.2 Å². The zero-order valence-electron chi connectivity index (χ0n) is 13.7. The quantitative estimate of drug-likeness (QED) is 0.914. The Labute approximate surface area is 135 Å². The fourth-order valence-electron chi connectivity index (χ4n) is 3.15. The van der Waals surface area contributed by atoms with Crippen molar-refractivity contribution in [2.24, 2.45) is 0 Å². The zero-order chi connectivity index (χ0) is 16.4. The minimum absolute atomic E-state index is 0.0302. The fourth-order valence-corrected chi connectivity index (χ4v) is 3.15. The normalized spacial score (nSPS) is 18.3. The first-order valence-corrected chi connectivity index (χ1v) is 7.73. The highest BCUT2D eigenvalue weighted by atomic mass is 16.5. The van der Waals surface area contributed by atoms with Gasteiger partial charge in [-0.3, -0.25) is 4.90 Å². The summed E-state index contributed by atoms with van der Waals surface area (Å²) < 4.78 is 15.9. The molecule has 23 heavy (non-hydrogen) atoms. The van der Waals surface area contributed by atoms with Crippen LogP contribution in [0.25, 0.3) is 0 Å². The minimum Gasteiger partial charge on any atom is -0.502 e. The van der Waals surface area contributed by atoms with Crippen molar-refractivity contribution in [3.05, 3.63) is 35.2 Å². The van der Waals surface area contributed by atoms with Gasteiger partial charge in [0.05, 0.1) is 26.0 Å². The lowest BCUT2D eigenvalue weighted by molar-refractivity contribution is 0.206. The summed E-state index contributed by atoms with van der Waals surface area (Å²) in [7, 11) is 3.07. The first kappa shape index (κ1) is 15.7. The van der Waals surface area contributed by atoms with E-state index in [1.54, 1.807) is 0 Å². The standard InChI is InChI=1S/C17H22N2O4/c1-11-7-14(23-18-11)13-5-4-6-19(13)10-12-8-15(21-2)17(20)16(9-12)22-3/h7-9,13,20H,4-6,10H2,1-3H3/t13-/m1/s1. The van der Waals surface area contributed by atoms with E-state index in [1.807, 2.05) is 25.1 Å². The summed E-state index contributed by atoms with van der Waals surface area (Å²) in [5.41, 5.74) is 1.93. The lowest BCUT2D eigenvalue weighted by atomic mass is 10.1. The first-order chi connectivity index (χ1) is 11.1. The Morgan fingerprint density at radius 2 is 1.96 bits per heavy atom. The highest BCUT2D eigenvalue weighted by molar-refractivity contribution is 5.52. The van der Waals surface area contributed by atoms with E-state index in [4.69, 9.17) is 14.0 Å². The molecule has 6 heteroatoms. The van der Waals surface area contributed by atoms with E-state index in [0.717, 1.165) is 42.9 Å². The summed E-state index contributed by atoms with van der Waals surface area (Å²) >= 11 is 0. The van der Waals surface area contributed by atoms with Crippen molar-refractivity contribution in [2.45, 2.75) is 32.4 Å². The summed E-state index contributed by atoms with van der Waals surface area (Å²) in [6.07, 6.45) is 2.18. The van der Waals surface area contributed by atoms with Gasteiger partial charge in [-0.05, 0) is 44.0 Å². The number of benzene rings is 1. The number of aryl methyl sites for hydroxylation is 1. The molecule has 0 unspecified atom stereocenters. The first-order valence-electron chi connectivity index (χ1n) is 7.73. The molecule has 1 N–H and O–H groups in total. The largest absolute Gasteiger partial charge is 0.502 e. The van der Waals surface area contributed by atoms with Gasteiger partial charge in [-0.25, -0.2) is 0 Å². The Hall–Kier alpha value is -2.21. The topological polar surface area (TPSA) is 68.0 Å². The van der Waals surface area contributed by atoms with Crippen molar-refractivity contribution < 1.29 is 19.1 Å². The maximum Gasteiger partial charge on any atom is 0.200 e. The maximum atomic E-state index is 10.0. The second-order valence-electron chi connectivity index (χ2n) is 5.85. The molecule has 0 saturated carbocycles. The van der Waals surface area contributed by atoms with Crippen LogP contribution in [0.5, 0.6) is 17.2 Å². The van der Waals surface area contributed by atoms with Gasteiger partial charge in [0.1, 0.15) is 0 Å². The third kappa shape index (κ3) is 3.12. The van der Waals surface area contributed by atoms with Crippen LogP contribution in [-0.4, -0.2) is 35.9 Å². The Balaban J connectivity index is 1.83. The lowest BCUT2D eigenvalue weighted by Gasteiger charge is -2.23. The molecule has 124 valence electrons. The predicted octanol–water partition coefficient (Wildman–Crippen LogP) is 3.04. The van der Waals surface area contributed by atoms with Crippen molar-refractivity contribution in [1.29, 1.82) is 0 Å². The number of aromatic hydroxyl groups is 1. The van der Waals surface area contributed by atoms with E-state index in [0.29, 0.717) is 11.5 Å². The number of phenolic OH excluding ortho intramolecular Hbond substituents is 1. The van der Waals surface area contributed by atoms with Crippen LogP contribution in [0.4, 0.5) is 0 Å². The van der Waals surface area contributed by atoms with Crippen LogP contribution in [0.15, 0.2) is 22.7 Å². The van der Waals surface area contributed by atoms with E-state index in [9.17, 15) is 5.11 Å². The number of rotatable bonds is 5. The number of nitrogens with zero attached hydrogens (tertiary/aromatic N) is 2. The number of hydrogen-bond donors (Lipinski definition) is 1. The van der Waals surface area contributed by atoms with Crippen molar-refractivity contribution in [3.63, 3.8) is 0 Å². The van der Waals surface area contributed by atoms with Crippen LogP contribution in [0.1, 0.15) is 35.9 Å². The Morgan fingerprint density at radius 1 is 1.26 bits per heavy atom. The molecule has 0 amide bonds. The summed E-state index contributed by atoms with van der Waals surface area (Å²) in [6.45, 7) is 3.66. The SMILES string of the molecule is COc1cc(CN2CCC[C@@H]2c2cc(C)no2)cc(OC)c1O. The van der Waals surface area contributed by atoms with Crippen molar-refractivity contribution >= 4 is 0 Å². The van der Waals surface area contributed by atoms with Gasteiger partial charge in [-0.2, -0.15) is 0 Å². The summed E-state index contributed by atoms with van der Waals surface area (Å²) in [4.78, 5) is 2.35. The molecule has 2 aromatic rings. The molecule has 1 fully saturated rings. The van der Waals surface area contributed by atoms with Crippen LogP contribution < -0.4 is 9.47 Å². The Bertz CT molecular complexity index is 658. The molecule has 0 radical (unpaired) electrons. The predicted molar refractivity (Wildman–Crippen MR) is 84.8 cm³/mol. The average molecular weight is 318 g/mol. The molecule has 1 aromatic carbocycles. The molecule has 1 aliphatic rings. The van der Waals surface area contributed by atoms with E-state index in [2.05, 4.69) is 10.1 Å². The molecule has 2 heterocycles. The van der Waals surface area contributed by atoms with Gasteiger partial charge in [0.25, 0.3) is 0 Å². The van der Waals surface area contributed by atoms with Crippen LogP contribution in [0, 0.1) is 6.92 Å². The van der Waals surface area contributed by atoms with Crippen molar-refractivity contribution in [2.75, 3.05) is 20.8 Å². The molecule has 6 nitrogen and oxygen atoms in total. The van der Waals surface area contributed by atoms with Crippen molar-refractivity contribution in [1.82, 2.24) is 10.1 Å². The molecular weight excluding hydrogens is 296 g/mol. The third-order valence-electron chi connectivity index (χ3n) is 4.26. The second kappa shape index (κ2) is 6.50. The van der Waals surface area contributed by atoms with Gasteiger partial charge in [0, 0.05) is 12.6 Å². The van der Waals surface area contributed by atoms with E-state index >= 15 is 0 Å². The lowest BCUT2D eigenvalue weighted by Crippen LogP contribution is -2.22. The minimum atomic E-state index is 0.0302.